The molecule has 2 atom stereocenters. The van der Waals surface area contributed by atoms with E-state index in [0.717, 1.165) is 11.3 Å². The minimum Gasteiger partial charge on any atom is -0.493 e. The lowest BCUT2D eigenvalue weighted by Crippen LogP contribution is -2.41. The number of carbonyl (C=O) groups excluding carboxylic acids is 2. The van der Waals surface area contributed by atoms with Crippen LogP contribution in [0.15, 0.2) is 24.3 Å². The topological polar surface area (TPSA) is 55.4 Å². The fraction of sp³-hybridized carbons (Fsp3) is 0.429. The smallest absolute Gasteiger partial charge is 0.228 e. The maximum atomic E-state index is 12.2. The lowest BCUT2D eigenvalue weighted by Gasteiger charge is -2.26. The molecule has 2 unspecified atom stereocenters. The fourth-order valence-electron chi connectivity index (χ4n) is 2.03. The third-order valence-electron chi connectivity index (χ3n) is 3.24. The van der Waals surface area contributed by atoms with Crippen LogP contribution in [0.5, 0.6) is 5.75 Å². The first-order chi connectivity index (χ1) is 8.59. The van der Waals surface area contributed by atoms with Gasteiger partial charge in [0.25, 0.3) is 0 Å². The van der Waals surface area contributed by atoms with E-state index in [9.17, 15) is 9.59 Å². The Kier molecular flexibility index (Phi) is 3.65. The lowest BCUT2D eigenvalue weighted by atomic mass is 9.92. The van der Waals surface area contributed by atoms with Crippen molar-refractivity contribution < 1.29 is 14.3 Å². The monoisotopic (exact) mass is 247 g/mol. The highest BCUT2D eigenvalue weighted by molar-refractivity contribution is 5.90. The molecule has 1 aliphatic rings. The van der Waals surface area contributed by atoms with E-state index in [0.29, 0.717) is 13.0 Å². The van der Waals surface area contributed by atoms with E-state index in [4.69, 9.17) is 4.74 Å². The molecule has 0 saturated heterocycles. The number of nitrogens with one attached hydrogen (secondary N) is 1. The summed E-state index contributed by atoms with van der Waals surface area (Å²) in [7, 11) is 0. The van der Waals surface area contributed by atoms with Gasteiger partial charge in [-0.3, -0.25) is 9.59 Å². The summed E-state index contributed by atoms with van der Waals surface area (Å²) < 4.78 is 5.51. The van der Waals surface area contributed by atoms with Crippen LogP contribution in [-0.4, -0.2) is 24.3 Å². The van der Waals surface area contributed by atoms with Crippen LogP contribution >= 0.6 is 0 Å². The van der Waals surface area contributed by atoms with Gasteiger partial charge in [-0.1, -0.05) is 18.2 Å². The maximum absolute atomic E-state index is 12.2. The Morgan fingerprint density at radius 3 is 2.83 bits per heavy atom. The highest BCUT2D eigenvalue weighted by Crippen LogP contribution is 2.33. The molecule has 1 amide bonds. The zero-order valence-corrected chi connectivity index (χ0v) is 10.6. The number of benzene rings is 1. The van der Waals surface area contributed by atoms with Gasteiger partial charge in [0.15, 0.2) is 5.78 Å². The van der Waals surface area contributed by atoms with Crippen molar-refractivity contribution in [1.82, 2.24) is 5.32 Å². The van der Waals surface area contributed by atoms with Crippen LogP contribution in [0.4, 0.5) is 0 Å². The molecule has 0 aromatic heterocycles. The van der Waals surface area contributed by atoms with E-state index in [1.165, 1.54) is 6.92 Å². The summed E-state index contributed by atoms with van der Waals surface area (Å²) in [4.78, 5) is 23.3. The predicted molar refractivity (Wildman–Crippen MR) is 67.6 cm³/mol. The molecule has 0 spiro atoms. The van der Waals surface area contributed by atoms with Crippen LogP contribution in [0.25, 0.3) is 0 Å². The molecule has 4 heteroatoms. The van der Waals surface area contributed by atoms with Gasteiger partial charge in [-0.15, -0.1) is 0 Å². The van der Waals surface area contributed by atoms with Gasteiger partial charge in [-0.2, -0.15) is 0 Å². The largest absolute Gasteiger partial charge is 0.493 e. The van der Waals surface area contributed by atoms with E-state index in [1.807, 2.05) is 24.3 Å². The second-order valence-electron chi connectivity index (χ2n) is 4.57. The van der Waals surface area contributed by atoms with E-state index < -0.39 is 6.04 Å². The summed E-state index contributed by atoms with van der Waals surface area (Å²) in [6, 6.07) is 7.10. The molecule has 96 valence electrons. The summed E-state index contributed by atoms with van der Waals surface area (Å²) in [5, 5.41) is 2.75. The molecule has 0 radical (unpaired) electrons. The van der Waals surface area contributed by atoms with Crippen molar-refractivity contribution >= 4 is 11.7 Å². The molecule has 4 nitrogen and oxygen atoms in total. The predicted octanol–water partition coefficient (Wildman–Crippen LogP) is 1.65. The van der Waals surface area contributed by atoms with Gasteiger partial charge in [-0.05, 0) is 26.3 Å². The summed E-state index contributed by atoms with van der Waals surface area (Å²) in [5.41, 5.74) is 0.900. The van der Waals surface area contributed by atoms with Crippen molar-refractivity contribution in [2.24, 2.45) is 0 Å². The van der Waals surface area contributed by atoms with Crippen molar-refractivity contribution in [3.63, 3.8) is 0 Å². The Morgan fingerprint density at radius 1 is 1.39 bits per heavy atom. The standard InChI is InChI=1S/C14H17NO3/c1-9(10(2)16)15-14(17)12-7-8-18-13-6-4-3-5-11(12)13/h3-6,9,12H,7-8H2,1-2H3,(H,15,17). The Morgan fingerprint density at radius 2 is 2.11 bits per heavy atom. The molecule has 1 heterocycles. The average molecular weight is 247 g/mol. The van der Waals surface area contributed by atoms with Gasteiger partial charge in [0.05, 0.1) is 18.6 Å². The van der Waals surface area contributed by atoms with Crippen molar-refractivity contribution in [3.8, 4) is 5.75 Å². The number of carbonyl (C=O) groups is 2. The van der Waals surface area contributed by atoms with Crippen LogP contribution in [0, 0.1) is 0 Å². The zero-order chi connectivity index (χ0) is 13.1. The second-order valence-corrected chi connectivity index (χ2v) is 4.57. The zero-order valence-electron chi connectivity index (χ0n) is 10.6. The molecule has 1 aromatic rings. The van der Waals surface area contributed by atoms with E-state index in [2.05, 4.69) is 5.32 Å². The number of ketones is 1. The van der Waals surface area contributed by atoms with Gasteiger partial charge in [-0.25, -0.2) is 0 Å². The van der Waals surface area contributed by atoms with E-state index in [1.54, 1.807) is 6.92 Å². The molecular weight excluding hydrogens is 230 g/mol. The molecule has 2 rings (SSSR count). The fourth-order valence-corrected chi connectivity index (χ4v) is 2.03. The van der Waals surface area contributed by atoms with Crippen molar-refractivity contribution in [1.29, 1.82) is 0 Å². The minimum absolute atomic E-state index is 0.0382. The minimum atomic E-state index is -0.437. The van der Waals surface area contributed by atoms with E-state index in [-0.39, 0.29) is 17.6 Å². The normalized spacial score (nSPS) is 19.3. The third kappa shape index (κ3) is 2.53. The number of ether oxygens (including phenoxy) is 1. The molecule has 0 saturated carbocycles. The quantitative estimate of drug-likeness (QED) is 0.883. The molecule has 0 fully saturated rings. The highest BCUT2D eigenvalue weighted by atomic mass is 16.5. The third-order valence-corrected chi connectivity index (χ3v) is 3.24. The SMILES string of the molecule is CC(=O)C(C)NC(=O)C1CCOc2ccccc21. The molecule has 0 aliphatic carbocycles. The summed E-state index contributed by atoms with van der Waals surface area (Å²) in [5.74, 6) is 0.397. The van der Waals surface area contributed by atoms with Gasteiger partial charge in [0.1, 0.15) is 5.75 Å². The van der Waals surface area contributed by atoms with Crippen molar-refractivity contribution in [2.75, 3.05) is 6.61 Å². The average Bonchev–Trinajstić information content (AvgIpc) is 2.37. The molecule has 0 bridgehead atoms. The molecule has 1 aliphatic heterocycles. The number of Topliss-reactive ketones (excluding diaryl/α,β-unsaturated/α-hetero) is 1. The molecular formula is C14H17NO3. The Balaban J connectivity index is 2.15. The van der Waals surface area contributed by atoms with Gasteiger partial charge in [0, 0.05) is 5.56 Å². The first kappa shape index (κ1) is 12.6. The number of rotatable bonds is 3. The highest BCUT2D eigenvalue weighted by Gasteiger charge is 2.28. The molecule has 1 N–H and O–H groups in total. The number of hydrogen-bond acceptors (Lipinski definition) is 3. The van der Waals surface area contributed by atoms with Crippen LogP contribution in [0.1, 0.15) is 31.7 Å². The molecule has 1 aromatic carbocycles. The first-order valence-corrected chi connectivity index (χ1v) is 6.12. The van der Waals surface area contributed by atoms with Crippen LogP contribution < -0.4 is 10.1 Å². The van der Waals surface area contributed by atoms with Crippen LogP contribution in [-0.2, 0) is 9.59 Å². The van der Waals surface area contributed by atoms with Crippen LogP contribution in [0.2, 0.25) is 0 Å². The second kappa shape index (κ2) is 5.21. The van der Waals surface area contributed by atoms with Gasteiger partial charge < -0.3 is 10.1 Å². The Labute approximate surface area is 106 Å². The first-order valence-electron chi connectivity index (χ1n) is 6.12. The number of hydrogen-bond donors (Lipinski definition) is 1. The number of para-hydroxylation sites is 1. The van der Waals surface area contributed by atoms with Gasteiger partial charge >= 0.3 is 0 Å². The van der Waals surface area contributed by atoms with Crippen molar-refractivity contribution in [2.45, 2.75) is 32.2 Å². The summed E-state index contributed by atoms with van der Waals surface area (Å²) in [6.45, 7) is 3.71. The summed E-state index contributed by atoms with van der Waals surface area (Å²) >= 11 is 0. The number of fused-ring (bicyclic) bond motifs is 1. The van der Waals surface area contributed by atoms with Crippen molar-refractivity contribution in [3.05, 3.63) is 29.8 Å². The Bertz CT molecular complexity index is 470. The Hall–Kier alpha value is -1.84. The van der Waals surface area contributed by atoms with E-state index >= 15 is 0 Å². The van der Waals surface area contributed by atoms with Gasteiger partial charge in [0.2, 0.25) is 5.91 Å². The maximum Gasteiger partial charge on any atom is 0.228 e. The lowest BCUT2D eigenvalue weighted by molar-refractivity contribution is -0.127. The van der Waals surface area contributed by atoms with Crippen LogP contribution in [0.3, 0.4) is 0 Å². The summed E-state index contributed by atoms with van der Waals surface area (Å²) in [6.07, 6.45) is 0.646. The molecule has 18 heavy (non-hydrogen) atoms. The number of amides is 1.